The third kappa shape index (κ3) is 3.74. The molecule has 0 aliphatic rings. The van der Waals surface area contributed by atoms with Crippen LogP contribution in [-0.4, -0.2) is 7.05 Å². The standard InChI is InChI=1S/C20H27N/c1-5-15(3)17-11-13-19(14-12-17)20(21-4)18-9-7-16(6-2)8-10-18/h7-15,20-21H,5-6H2,1-4H3. The zero-order chi connectivity index (χ0) is 15.2. The highest BCUT2D eigenvalue weighted by Gasteiger charge is 2.12. The van der Waals surface area contributed by atoms with Crippen molar-refractivity contribution in [3.63, 3.8) is 0 Å². The smallest absolute Gasteiger partial charge is 0.0574 e. The molecular weight excluding hydrogens is 254 g/mol. The van der Waals surface area contributed by atoms with Crippen LogP contribution in [0.3, 0.4) is 0 Å². The molecule has 2 aromatic carbocycles. The molecule has 112 valence electrons. The second-order valence-electron chi connectivity index (χ2n) is 5.79. The number of hydrogen-bond donors (Lipinski definition) is 1. The van der Waals surface area contributed by atoms with Gasteiger partial charge in [-0.25, -0.2) is 0 Å². The van der Waals surface area contributed by atoms with Crippen LogP contribution in [0.1, 0.15) is 61.4 Å². The van der Waals surface area contributed by atoms with Gasteiger partial charge < -0.3 is 5.32 Å². The van der Waals surface area contributed by atoms with Gasteiger partial charge in [0, 0.05) is 0 Å². The van der Waals surface area contributed by atoms with Gasteiger partial charge in [-0.05, 0) is 48.1 Å². The van der Waals surface area contributed by atoms with Crippen molar-refractivity contribution in [2.75, 3.05) is 7.05 Å². The van der Waals surface area contributed by atoms with Gasteiger partial charge in [0.15, 0.2) is 0 Å². The SMILES string of the molecule is CCc1ccc(C(NC)c2ccc(C(C)CC)cc2)cc1. The molecule has 0 aromatic heterocycles. The summed E-state index contributed by atoms with van der Waals surface area (Å²) in [4.78, 5) is 0. The summed E-state index contributed by atoms with van der Waals surface area (Å²) in [7, 11) is 2.03. The lowest BCUT2D eigenvalue weighted by Gasteiger charge is -2.19. The Hall–Kier alpha value is -1.60. The number of hydrogen-bond acceptors (Lipinski definition) is 1. The Kier molecular flexibility index (Phi) is 5.58. The van der Waals surface area contributed by atoms with Gasteiger partial charge in [0.1, 0.15) is 0 Å². The molecule has 1 N–H and O–H groups in total. The van der Waals surface area contributed by atoms with E-state index in [1.807, 2.05) is 7.05 Å². The van der Waals surface area contributed by atoms with Crippen molar-refractivity contribution < 1.29 is 0 Å². The maximum atomic E-state index is 3.43. The third-order valence-electron chi connectivity index (χ3n) is 4.46. The van der Waals surface area contributed by atoms with Crippen LogP contribution < -0.4 is 5.32 Å². The summed E-state index contributed by atoms with van der Waals surface area (Å²) in [5, 5.41) is 3.43. The van der Waals surface area contributed by atoms with Crippen LogP contribution in [0.25, 0.3) is 0 Å². The predicted octanol–water partition coefficient (Wildman–Crippen LogP) is 5.07. The van der Waals surface area contributed by atoms with Crippen molar-refractivity contribution in [1.82, 2.24) is 5.32 Å². The lowest BCUT2D eigenvalue weighted by Crippen LogP contribution is -2.17. The van der Waals surface area contributed by atoms with Crippen molar-refractivity contribution in [2.24, 2.45) is 0 Å². The monoisotopic (exact) mass is 281 g/mol. The lowest BCUT2D eigenvalue weighted by atomic mass is 9.93. The van der Waals surface area contributed by atoms with Crippen molar-refractivity contribution in [3.8, 4) is 0 Å². The van der Waals surface area contributed by atoms with Crippen LogP contribution >= 0.6 is 0 Å². The van der Waals surface area contributed by atoms with Crippen LogP contribution in [0.5, 0.6) is 0 Å². The molecular formula is C20H27N. The first-order chi connectivity index (χ1) is 10.2. The van der Waals surface area contributed by atoms with E-state index in [0.29, 0.717) is 5.92 Å². The maximum Gasteiger partial charge on any atom is 0.0574 e. The molecule has 0 spiro atoms. The molecule has 0 heterocycles. The largest absolute Gasteiger partial charge is 0.309 e. The van der Waals surface area contributed by atoms with E-state index >= 15 is 0 Å². The number of nitrogens with one attached hydrogen (secondary N) is 1. The Bertz CT molecular complexity index is 539. The highest BCUT2D eigenvalue weighted by Crippen LogP contribution is 2.25. The van der Waals surface area contributed by atoms with E-state index in [0.717, 1.165) is 6.42 Å². The molecule has 2 atom stereocenters. The second kappa shape index (κ2) is 7.42. The molecule has 0 radical (unpaired) electrons. The fourth-order valence-electron chi connectivity index (χ4n) is 2.72. The molecule has 0 bridgehead atoms. The minimum Gasteiger partial charge on any atom is -0.309 e. The van der Waals surface area contributed by atoms with Gasteiger partial charge in [-0.15, -0.1) is 0 Å². The molecule has 0 aliphatic heterocycles. The van der Waals surface area contributed by atoms with E-state index in [-0.39, 0.29) is 6.04 Å². The molecule has 0 saturated carbocycles. The molecule has 21 heavy (non-hydrogen) atoms. The van der Waals surface area contributed by atoms with Gasteiger partial charge in [-0.3, -0.25) is 0 Å². The summed E-state index contributed by atoms with van der Waals surface area (Å²) in [6.45, 7) is 6.72. The highest BCUT2D eigenvalue weighted by molar-refractivity contribution is 5.35. The fraction of sp³-hybridized carbons (Fsp3) is 0.400. The number of rotatable bonds is 6. The molecule has 2 unspecified atom stereocenters. The number of benzene rings is 2. The van der Waals surface area contributed by atoms with Gasteiger partial charge in [-0.2, -0.15) is 0 Å². The van der Waals surface area contributed by atoms with Crippen molar-refractivity contribution in [3.05, 3.63) is 70.8 Å². The molecule has 0 fully saturated rings. The minimum absolute atomic E-state index is 0.266. The first kappa shape index (κ1) is 15.8. The van der Waals surface area contributed by atoms with Crippen molar-refractivity contribution in [1.29, 1.82) is 0 Å². The van der Waals surface area contributed by atoms with Crippen LogP contribution in [0.15, 0.2) is 48.5 Å². The van der Waals surface area contributed by atoms with E-state index in [2.05, 4.69) is 74.6 Å². The summed E-state index contributed by atoms with van der Waals surface area (Å²) in [5.41, 5.74) is 5.47. The molecule has 1 nitrogen and oxygen atoms in total. The number of aryl methyl sites for hydroxylation is 1. The average molecular weight is 281 g/mol. The molecule has 0 saturated heterocycles. The first-order valence-electron chi connectivity index (χ1n) is 8.05. The Morgan fingerprint density at radius 2 is 1.29 bits per heavy atom. The minimum atomic E-state index is 0.266. The maximum absolute atomic E-state index is 3.43. The fourth-order valence-corrected chi connectivity index (χ4v) is 2.72. The normalized spacial score (nSPS) is 13.9. The Labute approximate surface area is 129 Å². The van der Waals surface area contributed by atoms with E-state index < -0.39 is 0 Å². The molecule has 2 aromatic rings. The van der Waals surface area contributed by atoms with Crippen LogP contribution in [0.4, 0.5) is 0 Å². The summed E-state index contributed by atoms with van der Waals surface area (Å²) in [6, 6.07) is 18.3. The van der Waals surface area contributed by atoms with Crippen LogP contribution in [0, 0.1) is 0 Å². The van der Waals surface area contributed by atoms with Crippen molar-refractivity contribution >= 4 is 0 Å². The van der Waals surface area contributed by atoms with E-state index in [1.165, 1.54) is 28.7 Å². The Morgan fingerprint density at radius 3 is 1.71 bits per heavy atom. The van der Waals surface area contributed by atoms with E-state index in [4.69, 9.17) is 0 Å². The van der Waals surface area contributed by atoms with Crippen LogP contribution in [0.2, 0.25) is 0 Å². The lowest BCUT2D eigenvalue weighted by molar-refractivity contribution is 0.688. The van der Waals surface area contributed by atoms with Gasteiger partial charge >= 0.3 is 0 Å². The first-order valence-corrected chi connectivity index (χ1v) is 8.05. The molecule has 0 amide bonds. The van der Waals surface area contributed by atoms with Gasteiger partial charge in [0.05, 0.1) is 6.04 Å². The third-order valence-corrected chi connectivity index (χ3v) is 4.46. The zero-order valence-electron chi connectivity index (χ0n) is 13.7. The molecule has 0 aliphatic carbocycles. The summed E-state index contributed by atoms with van der Waals surface area (Å²) >= 11 is 0. The second-order valence-corrected chi connectivity index (χ2v) is 5.79. The molecule has 2 rings (SSSR count). The highest BCUT2D eigenvalue weighted by atomic mass is 14.9. The van der Waals surface area contributed by atoms with Gasteiger partial charge in [-0.1, -0.05) is 69.3 Å². The average Bonchev–Trinajstić information content (AvgIpc) is 2.56. The summed E-state index contributed by atoms with van der Waals surface area (Å²) in [5.74, 6) is 0.635. The Balaban J connectivity index is 2.23. The molecule has 1 heteroatoms. The summed E-state index contributed by atoms with van der Waals surface area (Å²) < 4.78 is 0. The topological polar surface area (TPSA) is 12.0 Å². The Morgan fingerprint density at radius 1 is 0.810 bits per heavy atom. The van der Waals surface area contributed by atoms with Crippen LogP contribution in [-0.2, 0) is 6.42 Å². The van der Waals surface area contributed by atoms with E-state index in [1.54, 1.807) is 0 Å². The zero-order valence-corrected chi connectivity index (χ0v) is 13.7. The van der Waals surface area contributed by atoms with Gasteiger partial charge in [0.25, 0.3) is 0 Å². The quantitative estimate of drug-likeness (QED) is 0.779. The predicted molar refractivity (Wildman–Crippen MR) is 91.9 cm³/mol. The van der Waals surface area contributed by atoms with Gasteiger partial charge in [0.2, 0.25) is 0 Å². The van der Waals surface area contributed by atoms with E-state index in [9.17, 15) is 0 Å². The van der Waals surface area contributed by atoms with Crippen molar-refractivity contribution in [2.45, 2.75) is 45.6 Å². The summed E-state index contributed by atoms with van der Waals surface area (Å²) in [6.07, 6.45) is 2.28.